The molecule has 1 amide bonds. The maximum absolute atomic E-state index is 13.4. The third-order valence-electron chi connectivity index (χ3n) is 7.23. The summed E-state index contributed by atoms with van der Waals surface area (Å²) in [5, 5.41) is 0. The summed E-state index contributed by atoms with van der Waals surface area (Å²) in [4.78, 5) is 20.2. The summed E-state index contributed by atoms with van der Waals surface area (Å²) in [6, 6.07) is 7.14. The fourth-order valence-corrected chi connectivity index (χ4v) is 6.40. The zero-order chi connectivity index (χ0) is 20.4. The normalized spacial score (nSPS) is 30.3. The molecule has 1 aromatic heterocycles. The molecule has 3 aliphatic rings. The number of nitrogens with zero attached hydrogens (tertiary/aromatic N) is 3. The highest BCUT2D eigenvalue weighted by atomic mass is 19.1. The Kier molecular flexibility index (Phi) is 4.17. The molecule has 1 aliphatic carbocycles. The number of halogens is 1. The van der Waals surface area contributed by atoms with Crippen molar-refractivity contribution in [3.8, 4) is 0 Å². The molecule has 1 saturated heterocycles. The molecule has 4 nitrogen and oxygen atoms in total. The van der Waals surface area contributed by atoms with Crippen molar-refractivity contribution in [2.45, 2.75) is 71.4 Å². The molecule has 1 saturated carbocycles. The lowest BCUT2D eigenvalue weighted by Gasteiger charge is -2.39. The van der Waals surface area contributed by atoms with Gasteiger partial charge >= 0.3 is 0 Å². The van der Waals surface area contributed by atoms with E-state index >= 15 is 0 Å². The van der Waals surface area contributed by atoms with Gasteiger partial charge in [-0.1, -0.05) is 32.9 Å². The second-order valence-corrected chi connectivity index (χ2v) is 10.6. The van der Waals surface area contributed by atoms with Crippen LogP contribution in [-0.4, -0.2) is 32.9 Å². The minimum atomic E-state index is -0.200. The minimum absolute atomic E-state index is 0.0941. The SMILES string of the molecule is CC1(C)CC2CC(C)(CN2C(=O)c2cn3c(n2)CCC(c2ccc(F)cc2)C3)C1. The maximum Gasteiger partial charge on any atom is 0.274 e. The number of benzene rings is 1. The fraction of sp³-hybridized carbons (Fsp3) is 0.583. The van der Waals surface area contributed by atoms with E-state index in [9.17, 15) is 9.18 Å². The highest BCUT2D eigenvalue weighted by Crippen LogP contribution is 2.52. The van der Waals surface area contributed by atoms with Gasteiger partial charge in [0.15, 0.2) is 0 Å². The number of imidazole rings is 1. The van der Waals surface area contributed by atoms with Crippen LogP contribution in [0, 0.1) is 16.6 Å². The summed E-state index contributed by atoms with van der Waals surface area (Å²) in [5.74, 6) is 1.23. The van der Waals surface area contributed by atoms with Crippen molar-refractivity contribution < 1.29 is 9.18 Å². The first-order valence-corrected chi connectivity index (χ1v) is 10.8. The first-order chi connectivity index (χ1) is 13.7. The van der Waals surface area contributed by atoms with Crippen molar-refractivity contribution >= 4 is 5.91 Å². The van der Waals surface area contributed by atoms with E-state index in [0.717, 1.165) is 50.2 Å². The van der Waals surface area contributed by atoms with Crippen molar-refractivity contribution in [3.05, 3.63) is 53.4 Å². The number of carbonyl (C=O) groups is 1. The first-order valence-electron chi connectivity index (χ1n) is 10.8. The van der Waals surface area contributed by atoms with Crippen molar-refractivity contribution in [2.24, 2.45) is 10.8 Å². The van der Waals surface area contributed by atoms with Crippen LogP contribution < -0.4 is 0 Å². The molecular weight excluding hydrogens is 365 g/mol. The van der Waals surface area contributed by atoms with Crippen LogP contribution in [0.1, 0.15) is 74.2 Å². The van der Waals surface area contributed by atoms with Gasteiger partial charge in [-0.2, -0.15) is 0 Å². The molecule has 3 unspecified atom stereocenters. The molecule has 0 N–H and O–H groups in total. The van der Waals surface area contributed by atoms with E-state index in [1.807, 2.05) is 18.3 Å². The number of hydrogen-bond donors (Lipinski definition) is 0. The van der Waals surface area contributed by atoms with Crippen LogP contribution in [0.3, 0.4) is 0 Å². The average Bonchev–Trinajstić information content (AvgIpc) is 3.18. The molecule has 5 rings (SSSR count). The predicted octanol–water partition coefficient (Wildman–Crippen LogP) is 4.79. The van der Waals surface area contributed by atoms with Gasteiger partial charge in [-0.25, -0.2) is 9.37 Å². The zero-order valence-electron chi connectivity index (χ0n) is 17.6. The van der Waals surface area contributed by atoms with Gasteiger partial charge in [0.1, 0.15) is 17.3 Å². The van der Waals surface area contributed by atoms with E-state index in [0.29, 0.717) is 23.1 Å². The zero-order valence-corrected chi connectivity index (χ0v) is 17.6. The number of amides is 1. The number of aryl methyl sites for hydroxylation is 1. The lowest BCUT2D eigenvalue weighted by Crippen LogP contribution is -2.37. The van der Waals surface area contributed by atoms with Gasteiger partial charge in [0.2, 0.25) is 0 Å². The first kappa shape index (κ1) is 18.8. The average molecular weight is 396 g/mol. The highest BCUT2D eigenvalue weighted by Gasteiger charge is 2.51. The molecule has 1 aromatic carbocycles. The highest BCUT2D eigenvalue weighted by molar-refractivity contribution is 5.92. The molecule has 2 aromatic rings. The molecule has 154 valence electrons. The van der Waals surface area contributed by atoms with Crippen LogP contribution in [0.4, 0.5) is 4.39 Å². The Morgan fingerprint density at radius 1 is 1.17 bits per heavy atom. The number of hydrogen-bond acceptors (Lipinski definition) is 2. The van der Waals surface area contributed by atoms with Crippen LogP contribution in [0.2, 0.25) is 0 Å². The van der Waals surface area contributed by atoms with Gasteiger partial charge in [-0.15, -0.1) is 0 Å². The predicted molar refractivity (Wildman–Crippen MR) is 110 cm³/mol. The number of carbonyl (C=O) groups excluding carboxylic acids is 1. The van der Waals surface area contributed by atoms with Gasteiger partial charge in [-0.3, -0.25) is 4.79 Å². The van der Waals surface area contributed by atoms with Gasteiger partial charge in [0.25, 0.3) is 5.91 Å². The third kappa shape index (κ3) is 3.38. The Hall–Kier alpha value is -2.17. The monoisotopic (exact) mass is 395 g/mol. The molecule has 2 bridgehead atoms. The summed E-state index contributed by atoms with van der Waals surface area (Å²) in [5.41, 5.74) is 2.27. The van der Waals surface area contributed by atoms with E-state index < -0.39 is 0 Å². The summed E-state index contributed by atoms with van der Waals surface area (Å²) < 4.78 is 15.4. The molecular formula is C24H30FN3O. The second-order valence-electron chi connectivity index (χ2n) is 10.6. The second kappa shape index (κ2) is 6.41. The van der Waals surface area contributed by atoms with Crippen LogP contribution in [0.5, 0.6) is 0 Å². The van der Waals surface area contributed by atoms with Crippen LogP contribution in [0.15, 0.2) is 30.5 Å². The Balaban J connectivity index is 1.35. The molecule has 0 radical (unpaired) electrons. The van der Waals surface area contributed by atoms with E-state index in [1.54, 1.807) is 0 Å². The van der Waals surface area contributed by atoms with Crippen LogP contribution in [-0.2, 0) is 13.0 Å². The smallest absolute Gasteiger partial charge is 0.274 e. The van der Waals surface area contributed by atoms with Crippen LogP contribution in [0.25, 0.3) is 0 Å². The van der Waals surface area contributed by atoms with E-state index in [2.05, 4.69) is 30.2 Å². The van der Waals surface area contributed by atoms with Crippen LogP contribution >= 0.6 is 0 Å². The number of aromatic nitrogens is 2. The van der Waals surface area contributed by atoms with E-state index in [-0.39, 0.29) is 17.1 Å². The molecule has 2 fully saturated rings. The van der Waals surface area contributed by atoms with Gasteiger partial charge in [0, 0.05) is 37.7 Å². The lowest BCUT2D eigenvalue weighted by molar-refractivity contribution is 0.0702. The lowest BCUT2D eigenvalue weighted by atomic mass is 9.65. The molecule has 2 aliphatic heterocycles. The summed E-state index contributed by atoms with van der Waals surface area (Å²) in [7, 11) is 0. The number of likely N-dealkylation sites (tertiary alicyclic amines) is 1. The quantitative estimate of drug-likeness (QED) is 0.733. The number of fused-ring (bicyclic) bond motifs is 3. The molecule has 3 heterocycles. The van der Waals surface area contributed by atoms with Gasteiger partial charge in [-0.05, 0) is 54.2 Å². The topological polar surface area (TPSA) is 38.1 Å². The molecule has 5 heteroatoms. The van der Waals surface area contributed by atoms with E-state index in [1.165, 1.54) is 18.6 Å². The van der Waals surface area contributed by atoms with E-state index in [4.69, 9.17) is 4.98 Å². The fourth-order valence-electron chi connectivity index (χ4n) is 6.40. The summed E-state index contributed by atoms with van der Waals surface area (Å²) in [6.45, 7) is 8.64. The van der Waals surface area contributed by atoms with Crippen molar-refractivity contribution in [1.82, 2.24) is 14.5 Å². The Morgan fingerprint density at radius 2 is 1.93 bits per heavy atom. The summed E-state index contributed by atoms with van der Waals surface area (Å²) in [6.07, 6.45) is 7.15. The third-order valence-corrected chi connectivity index (χ3v) is 7.23. The standard InChI is InChI=1S/C24H30FN3O/c1-23(2)10-19-11-24(3,14-23)15-28(19)22(29)20-13-27-12-17(6-9-21(27)26-20)16-4-7-18(25)8-5-16/h4-5,7-8,13,17,19H,6,9-12,14-15H2,1-3H3. The molecule has 29 heavy (non-hydrogen) atoms. The van der Waals surface area contributed by atoms with Crippen molar-refractivity contribution in [2.75, 3.05) is 6.54 Å². The van der Waals surface area contributed by atoms with Gasteiger partial charge in [0.05, 0.1) is 0 Å². The Morgan fingerprint density at radius 3 is 2.69 bits per heavy atom. The summed E-state index contributed by atoms with van der Waals surface area (Å²) >= 11 is 0. The Bertz CT molecular complexity index is 948. The van der Waals surface area contributed by atoms with Crippen molar-refractivity contribution in [1.29, 1.82) is 0 Å². The van der Waals surface area contributed by atoms with Gasteiger partial charge < -0.3 is 9.47 Å². The maximum atomic E-state index is 13.4. The minimum Gasteiger partial charge on any atom is -0.334 e. The largest absolute Gasteiger partial charge is 0.334 e. The Labute approximate surface area is 172 Å². The molecule has 0 spiro atoms. The number of rotatable bonds is 2. The molecule has 3 atom stereocenters. The van der Waals surface area contributed by atoms with Crippen molar-refractivity contribution in [3.63, 3.8) is 0 Å².